The molecule has 5 rings (SSSR count). The highest BCUT2D eigenvalue weighted by Crippen LogP contribution is 2.55. The Balaban J connectivity index is 1.64. The summed E-state index contributed by atoms with van der Waals surface area (Å²) in [6.07, 6.45) is 2.29. The summed E-state index contributed by atoms with van der Waals surface area (Å²) in [5.41, 5.74) is 3.00. The van der Waals surface area contributed by atoms with Gasteiger partial charge >= 0.3 is 0 Å². The average Bonchev–Trinajstić information content (AvgIpc) is 3.35. The number of aromatic hydroxyl groups is 1. The molecule has 0 heterocycles. The van der Waals surface area contributed by atoms with E-state index in [4.69, 9.17) is 5.73 Å². The van der Waals surface area contributed by atoms with Gasteiger partial charge in [-0.05, 0) is 44.5 Å². The van der Waals surface area contributed by atoms with E-state index in [-0.39, 0.29) is 17.4 Å². The van der Waals surface area contributed by atoms with E-state index in [0.29, 0.717) is 11.3 Å². The van der Waals surface area contributed by atoms with E-state index in [0.717, 1.165) is 25.7 Å². The molecule has 0 saturated heterocycles. The van der Waals surface area contributed by atoms with Crippen LogP contribution in [-0.4, -0.2) is 87.1 Å². The molecule has 0 bridgehead atoms. The Bertz CT molecular complexity index is 1250. The lowest BCUT2D eigenvalue weighted by Gasteiger charge is -2.56. The number of hydrogen-bond donors (Lipinski definition) is 5. The van der Waals surface area contributed by atoms with Crippen LogP contribution in [0.4, 0.5) is 5.69 Å². The maximum atomic E-state index is 14.0. The number of Topliss-reactive ketones (excluding diaryl/α,β-unsaturated/α-hetero) is 4. The second kappa shape index (κ2) is 8.96. The van der Waals surface area contributed by atoms with Crippen molar-refractivity contribution < 1.29 is 39.3 Å². The number of nitrogens with one attached hydrogen (secondary N) is 1. The number of fused-ring (bicyclic) bond motifs is 3. The molecule has 0 spiro atoms. The lowest BCUT2D eigenvalue weighted by atomic mass is 9.49. The standard InChI is InChI=1S/C27H33N3O8/c1-10-12-8-9-13(29-11-6-4-5-7-11)20(31)15(12)21(32)16-14(10)22(33)18-19(30(2)3)23(34)17(26(28)37)25(36)27(18,38)24(16)35/h8-11,14,16-19,22,29,31,33,38H,4-7H2,1-3H3,(H2,28,37)/t10-,14+,16?,17?,18+,19-,22-,27-/m0/s1. The summed E-state index contributed by atoms with van der Waals surface area (Å²) in [7, 11) is 2.92. The quantitative estimate of drug-likeness (QED) is 0.258. The SMILES string of the molecule is C[C@H]1c2ccc(NC3CCCC3)c(O)c2C(=O)C2C(=O)[C@]3(O)C(=O)C(C(N)=O)C(=O)[C@@H](N(C)C)[C@@H]3[C@@H](O)[C@@H]21. The number of benzene rings is 1. The average molecular weight is 528 g/mol. The molecule has 4 aliphatic rings. The third-order valence-corrected chi connectivity index (χ3v) is 9.20. The lowest BCUT2D eigenvalue weighted by Crippen LogP contribution is -2.77. The van der Waals surface area contributed by atoms with Crippen LogP contribution in [0.2, 0.25) is 0 Å². The number of carbonyl (C=O) groups excluding carboxylic acids is 5. The zero-order valence-corrected chi connectivity index (χ0v) is 21.5. The van der Waals surface area contributed by atoms with Crippen LogP contribution in [0.1, 0.15) is 54.4 Å². The highest BCUT2D eigenvalue weighted by Gasteiger charge is 2.72. The number of aliphatic hydroxyl groups is 2. The van der Waals surface area contributed by atoms with Crippen LogP contribution in [0.3, 0.4) is 0 Å². The number of amides is 1. The van der Waals surface area contributed by atoms with Crippen molar-refractivity contribution in [3.8, 4) is 5.75 Å². The third-order valence-electron chi connectivity index (χ3n) is 9.20. The molecule has 1 aromatic carbocycles. The highest BCUT2D eigenvalue weighted by molar-refractivity contribution is 6.32. The summed E-state index contributed by atoms with van der Waals surface area (Å²) in [5, 5.41) is 37.7. The summed E-state index contributed by atoms with van der Waals surface area (Å²) in [4.78, 5) is 67.9. The minimum atomic E-state index is -2.99. The normalized spacial score (nSPS) is 37.2. The van der Waals surface area contributed by atoms with E-state index in [1.807, 2.05) is 0 Å². The molecule has 11 heteroatoms. The molecule has 0 radical (unpaired) electrons. The first-order chi connectivity index (χ1) is 17.8. The van der Waals surface area contributed by atoms with Crippen molar-refractivity contribution >= 4 is 34.7 Å². The predicted molar refractivity (Wildman–Crippen MR) is 133 cm³/mol. The number of nitrogens with zero attached hydrogens (tertiary/aromatic N) is 1. The van der Waals surface area contributed by atoms with Crippen molar-refractivity contribution in [2.24, 2.45) is 29.4 Å². The van der Waals surface area contributed by atoms with E-state index < -0.39 is 76.4 Å². The van der Waals surface area contributed by atoms with E-state index in [1.54, 1.807) is 19.1 Å². The van der Waals surface area contributed by atoms with Crippen LogP contribution < -0.4 is 11.1 Å². The maximum absolute atomic E-state index is 14.0. The highest BCUT2D eigenvalue weighted by atomic mass is 16.3. The zero-order chi connectivity index (χ0) is 27.8. The van der Waals surface area contributed by atoms with Gasteiger partial charge in [0.1, 0.15) is 5.75 Å². The van der Waals surface area contributed by atoms with Crippen molar-refractivity contribution in [3.63, 3.8) is 0 Å². The number of phenolic OH excluding ortho intramolecular Hbond substituents is 1. The van der Waals surface area contributed by atoms with Crippen LogP contribution >= 0.6 is 0 Å². The fraction of sp³-hybridized carbons (Fsp3) is 0.593. The van der Waals surface area contributed by atoms with Gasteiger partial charge in [0, 0.05) is 12.0 Å². The molecule has 204 valence electrons. The fourth-order valence-corrected chi connectivity index (χ4v) is 7.40. The smallest absolute Gasteiger partial charge is 0.235 e. The van der Waals surface area contributed by atoms with Crippen LogP contribution in [-0.2, 0) is 19.2 Å². The number of phenols is 1. The van der Waals surface area contributed by atoms with Crippen LogP contribution in [0.15, 0.2) is 12.1 Å². The molecule has 6 N–H and O–H groups in total. The largest absolute Gasteiger partial charge is 0.505 e. The Hall–Kier alpha value is -3.15. The number of hydrogen-bond acceptors (Lipinski definition) is 10. The van der Waals surface area contributed by atoms with Crippen molar-refractivity contribution in [2.45, 2.75) is 62.3 Å². The van der Waals surface area contributed by atoms with Gasteiger partial charge in [0.05, 0.1) is 35.2 Å². The number of carbonyl (C=O) groups is 5. The molecule has 8 atom stereocenters. The van der Waals surface area contributed by atoms with Gasteiger partial charge in [-0.1, -0.05) is 25.8 Å². The van der Waals surface area contributed by atoms with Crippen LogP contribution in [0.5, 0.6) is 5.75 Å². The van der Waals surface area contributed by atoms with E-state index in [2.05, 4.69) is 5.32 Å². The fourth-order valence-electron chi connectivity index (χ4n) is 7.40. The minimum absolute atomic E-state index is 0.0979. The molecule has 0 aliphatic heterocycles. The molecular weight excluding hydrogens is 494 g/mol. The summed E-state index contributed by atoms with van der Waals surface area (Å²) in [6, 6.07) is 2.09. The van der Waals surface area contributed by atoms with Gasteiger partial charge in [0.15, 0.2) is 34.7 Å². The first kappa shape index (κ1) is 26.5. The Morgan fingerprint density at radius 1 is 1.11 bits per heavy atom. The number of likely N-dealkylation sites (N-methyl/N-ethyl adjacent to an activating group) is 1. The summed E-state index contributed by atoms with van der Waals surface area (Å²) >= 11 is 0. The van der Waals surface area contributed by atoms with Crippen molar-refractivity contribution in [3.05, 3.63) is 23.3 Å². The van der Waals surface area contributed by atoms with Crippen LogP contribution in [0.25, 0.3) is 0 Å². The van der Waals surface area contributed by atoms with E-state index in [9.17, 15) is 39.3 Å². The predicted octanol–water partition coefficient (Wildman–Crippen LogP) is -0.247. The summed E-state index contributed by atoms with van der Waals surface area (Å²) in [5.74, 6) is -13.1. The summed E-state index contributed by atoms with van der Waals surface area (Å²) < 4.78 is 0. The zero-order valence-electron chi connectivity index (χ0n) is 21.5. The van der Waals surface area contributed by atoms with Crippen molar-refractivity contribution in [2.75, 3.05) is 19.4 Å². The Kier molecular flexibility index (Phi) is 6.24. The molecule has 1 amide bonds. The van der Waals surface area contributed by atoms with Gasteiger partial charge in [0.25, 0.3) is 0 Å². The van der Waals surface area contributed by atoms with Gasteiger partial charge < -0.3 is 26.4 Å². The van der Waals surface area contributed by atoms with Gasteiger partial charge in [-0.25, -0.2) is 0 Å². The molecule has 38 heavy (non-hydrogen) atoms. The summed E-state index contributed by atoms with van der Waals surface area (Å²) in [6.45, 7) is 1.69. The monoisotopic (exact) mass is 527 g/mol. The Morgan fingerprint density at radius 2 is 1.74 bits per heavy atom. The van der Waals surface area contributed by atoms with Crippen molar-refractivity contribution in [1.29, 1.82) is 0 Å². The molecule has 11 nitrogen and oxygen atoms in total. The number of anilines is 1. The molecule has 3 saturated carbocycles. The van der Waals surface area contributed by atoms with Crippen LogP contribution in [0, 0.1) is 23.7 Å². The minimum Gasteiger partial charge on any atom is -0.505 e. The molecular formula is C27H33N3O8. The second-order valence-corrected chi connectivity index (χ2v) is 11.4. The topological polar surface area (TPSA) is 187 Å². The molecule has 1 aromatic rings. The Labute approximate surface area is 219 Å². The molecule has 0 aromatic heterocycles. The molecule has 2 unspecified atom stereocenters. The first-order valence-electron chi connectivity index (χ1n) is 13.0. The second-order valence-electron chi connectivity index (χ2n) is 11.4. The van der Waals surface area contributed by atoms with Gasteiger partial charge in [-0.15, -0.1) is 0 Å². The van der Waals surface area contributed by atoms with Crippen molar-refractivity contribution in [1.82, 2.24) is 4.90 Å². The Morgan fingerprint density at radius 3 is 2.32 bits per heavy atom. The maximum Gasteiger partial charge on any atom is 0.235 e. The number of rotatable bonds is 4. The van der Waals surface area contributed by atoms with E-state index >= 15 is 0 Å². The number of nitrogens with two attached hydrogens (primary N) is 1. The first-order valence-corrected chi connectivity index (χ1v) is 13.0. The molecule has 3 fully saturated rings. The van der Waals surface area contributed by atoms with Gasteiger partial charge in [-0.2, -0.15) is 0 Å². The van der Waals surface area contributed by atoms with Gasteiger partial charge in [-0.3, -0.25) is 28.9 Å². The number of aliphatic hydroxyl groups excluding tert-OH is 1. The number of primary amides is 1. The molecule has 4 aliphatic carbocycles. The van der Waals surface area contributed by atoms with Gasteiger partial charge in [0.2, 0.25) is 5.91 Å². The third kappa shape index (κ3) is 3.41. The lowest BCUT2D eigenvalue weighted by molar-refractivity contribution is -0.196. The number of ketones is 4. The van der Waals surface area contributed by atoms with E-state index in [1.165, 1.54) is 19.0 Å².